The Labute approximate surface area is 181 Å². The van der Waals surface area contributed by atoms with Crippen LogP contribution in [0.25, 0.3) is 0 Å². The molecule has 2 aliphatic heterocycles. The summed E-state index contributed by atoms with van der Waals surface area (Å²) in [5.74, 6) is 0.387. The SMILES string of the molecule is COC(=O)c1cc2c(cc1N)OCCO2.COC(=O)c1cc2c(cc1[N+](=O)[O-])OCCO2. The van der Waals surface area contributed by atoms with Crippen LogP contribution in [-0.2, 0) is 9.47 Å². The van der Waals surface area contributed by atoms with Gasteiger partial charge in [0.2, 0.25) is 0 Å². The van der Waals surface area contributed by atoms with Gasteiger partial charge in [-0.3, -0.25) is 10.1 Å². The number of nitrogens with two attached hydrogens (primary N) is 1. The molecule has 0 unspecified atom stereocenters. The number of ether oxygens (including phenoxy) is 6. The smallest absolute Gasteiger partial charge is 0.345 e. The highest BCUT2D eigenvalue weighted by molar-refractivity contribution is 5.96. The molecule has 0 spiro atoms. The van der Waals surface area contributed by atoms with Crippen LogP contribution in [0.15, 0.2) is 24.3 Å². The van der Waals surface area contributed by atoms with Crippen molar-refractivity contribution in [3.8, 4) is 23.0 Å². The maximum atomic E-state index is 11.4. The summed E-state index contributed by atoms with van der Waals surface area (Å²) in [5, 5.41) is 10.8. The van der Waals surface area contributed by atoms with Crippen molar-refractivity contribution in [2.24, 2.45) is 0 Å². The van der Waals surface area contributed by atoms with Crippen molar-refractivity contribution in [1.29, 1.82) is 0 Å². The molecular weight excluding hydrogens is 428 g/mol. The van der Waals surface area contributed by atoms with Crippen LogP contribution in [0, 0.1) is 10.1 Å². The van der Waals surface area contributed by atoms with Gasteiger partial charge in [0, 0.05) is 18.2 Å². The molecule has 12 heteroatoms. The van der Waals surface area contributed by atoms with E-state index >= 15 is 0 Å². The summed E-state index contributed by atoms with van der Waals surface area (Å²) >= 11 is 0. The van der Waals surface area contributed by atoms with E-state index < -0.39 is 16.9 Å². The van der Waals surface area contributed by atoms with E-state index in [1.54, 1.807) is 6.07 Å². The number of esters is 2. The van der Waals surface area contributed by atoms with E-state index in [0.717, 1.165) is 7.11 Å². The van der Waals surface area contributed by atoms with Crippen molar-refractivity contribution in [3.05, 3.63) is 45.5 Å². The predicted molar refractivity (Wildman–Crippen MR) is 109 cm³/mol. The molecule has 2 aromatic rings. The monoisotopic (exact) mass is 448 g/mol. The van der Waals surface area contributed by atoms with Crippen LogP contribution in [0.4, 0.5) is 11.4 Å². The van der Waals surface area contributed by atoms with Crippen LogP contribution in [0.3, 0.4) is 0 Å². The number of nitrogens with zero attached hydrogens (tertiary/aromatic N) is 1. The van der Waals surface area contributed by atoms with Gasteiger partial charge in [-0.25, -0.2) is 9.59 Å². The summed E-state index contributed by atoms with van der Waals surface area (Å²) in [4.78, 5) is 32.9. The van der Waals surface area contributed by atoms with E-state index in [9.17, 15) is 19.7 Å². The van der Waals surface area contributed by atoms with Crippen LogP contribution in [0.2, 0.25) is 0 Å². The second kappa shape index (κ2) is 9.73. The third-order valence-electron chi connectivity index (χ3n) is 4.38. The Kier molecular flexibility index (Phi) is 6.83. The summed E-state index contributed by atoms with van der Waals surface area (Å²) in [5.41, 5.74) is 5.79. The lowest BCUT2D eigenvalue weighted by Gasteiger charge is -2.19. The fourth-order valence-corrected chi connectivity index (χ4v) is 2.89. The van der Waals surface area contributed by atoms with Crippen LogP contribution >= 0.6 is 0 Å². The summed E-state index contributed by atoms with van der Waals surface area (Å²) < 4.78 is 30.2. The van der Waals surface area contributed by atoms with Crippen molar-refractivity contribution in [2.75, 3.05) is 46.4 Å². The molecule has 2 heterocycles. The molecule has 2 aromatic carbocycles. The molecule has 4 rings (SSSR count). The average Bonchev–Trinajstić information content (AvgIpc) is 2.82. The summed E-state index contributed by atoms with van der Waals surface area (Å²) in [6, 6.07) is 5.54. The molecule has 2 aliphatic rings. The van der Waals surface area contributed by atoms with Gasteiger partial charge in [-0.05, 0) is 0 Å². The minimum absolute atomic E-state index is 0.151. The van der Waals surface area contributed by atoms with Crippen molar-refractivity contribution in [2.45, 2.75) is 0 Å². The molecule has 0 radical (unpaired) electrons. The van der Waals surface area contributed by atoms with E-state index in [1.165, 1.54) is 25.3 Å². The first-order valence-electron chi connectivity index (χ1n) is 9.29. The van der Waals surface area contributed by atoms with Crippen LogP contribution in [0.1, 0.15) is 20.7 Å². The minimum Gasteiger partial charge on any atom is -0.486 e. The number of carbonyl (C=O) groups excluding carboxylic acids is 2. The maximum absolute atomic E-state index is 11.4. The summed E-state index contributed by atoms with van der Waals surface area (Å²) in [6.07, 6.45) is 0. The Bertz CT molecular complexity index is 1050. The fraction of sp³-hybridized carbons (Fsp3) is 0.300. The molecule has 0 bridgehead atoms. The van der Waals surface area contributed by atoms with Crippen LogP contribution in [0.5, 0.6) is 23.0 Å². The molecule has 0 aromatic heterocycles. The third-order valence-corrected chi connectivity index (χ3v) is 4.38. The Morgan fingerprint density at radius 1 is 0.812 bits per heavy atom. The highest BCUT2D eigenvalue weighted by Gasteiger charge is 2.26. The number of hydrogen-bond acceptors (Lipinski definition) is 11. The number of nitro benzene ring substituents is 1. The zero-order valence-corrected chi connectivity index (χ0v) is 17.2. The zero-order valence-electron chi connectivity index (χ0n) is 17.2. The first-order valence-corrected chi connectivity index (χ1v) is 9.29. The van der Waals surface area contributed by atoms with Crippen LogP contribution < -0.4 is 24.7 Å². The number of fused-ring (bicyclic) bond motifs is 2. The summed E-state index contributed by atoms with van der Waals surface area (Å²) in [7, 11) is 2.46. The molecule has 0 saturated carbocycles. The Balaban J connectivity index is 0.000000182. The molecule has 32 heavy (non-hydrogen) atoms. The standard InChI is InChI=1S/C10H9NO6.C10H11NO4/c1-15-10(12)6-4-8-9(17-3-2-16-8)5-7(6)11(13)14;1-13-10(12)6-4-8-9(5-7(6)11)15-3-2-14-8/h4-5H,2-3H2,1H3;4-5H,2-3,11H2,1H3. The maximum Gasteiger partial charge on any atom is 0.345 e. The molecule has 2 N–H and O–H groups in total. The molecule has 0 saturated heterocycles. The van der Waals surface area contributed by atoms with Crippen LogP contribution in [-0.4, -0.2) is 57.5 Å². The quantitative estimate of drug-likeness (QED) is 0.316. The molecule has 0 amide bonds. The number of anilines is 1. The average molecular weight is 448 g/mol. The molecular formula is C20H20N2O10. The number of nitrogen functional groups attached to an aromatic ring is 1. The van der Waals surface area contributed by atoms with Gasteiger partial charge in [0.1, 0.15) is 32.0 Å². The topological polar surface area (TPSA) is 159 Å². The van der Waals surface area contributed by atoms with Gasteiger partial charge in [-0.1, -0.05) is 0 Å². The molecule has 170 valence electrons. The van der Waals surface area contributed by atoms with Gasteiger partial charge in [0.15, 0.2) is 23.0 Å². The number of methoxy groups -OCH3 is 2. The van der Waals surface area contributed by atoms with E-state index in [4.69, 9.17) is 24.7 Å². The summed E-state index contributed by atoms with van der Waals surface area (Å²) in [6.45, 7) is 1.62. The number of carbonyl (C=O) groups is 2. The number of benzene rings is 2. The Morgan fingerprint density at radius 3 is 1.69 bits per heavy atom. The molecule has 0 aliphatic carbocycles. The van der Waals surface area contributed by atoms with Crippen molar-refractivity contribution in [1.82, 2.24) is 0 Å². The van der Waals surface area contributed by atoms with E-state index in [1.807, 2.05) is 0 Å². The first-order chi connectivity index (χ1) is 15.3. The molecule has 0 fully saturated rings. The van der Waals surface area contributed by atoms with Gasteiger partial charge in [-0.15, -0.1) is 0 Å². The molecule has 12 nitrogen and oxygen atoms in total. The lowest BCUT2D eigenvalue weighted by atomic mass is 10.1. The first kappa shape index (κ1) is 22.5. The Hall–Kier alpha value is -4.22. The highest BCUT2D eigenvalue weighted by atomic mass is 16.6. The van der Waals surface area contributed by atoms with Gasteiger partial charge in [0.25, 0.3) is 5.69 Å². The lowest BCUT2D eigenvalue weighted by Crippen LogP contribution is -2.17. The number of rotatable bonds is 3. The van der Waals surface area contributed by atoms with E-state index in [0.29, 0.717) is 54.9 Å². The number of nitro groups is 1. The Morgan fingerprint density at radius 2 is 1.22 bits per heavy atom. The van der Waals surface area contributed by atoms with Gasteiger partial charge in [-0.2, -0.15) is 0 Å². The predicted octanol–water partition coefficient (Wildman–Crippen LogP) is 1.98. The highest BCUT2D eigenvalue weighted by Crippen LogP contribution is 2.37. The van der Waals surface area contributed by atoms with Crippen molar-refractivity contribution < 1.29 is 42.9 Å². The fourth-order valence-electron chi connectivity index (χ4n) is 2.89. The second-order valence-electron chi connectivity index (χ2n) is 6.34. The van der Waals surface area contributed by atoms with E-state index in [-0.39, 0.29) is 17.0 Å². The zero-order chi connectivity index (χ0) is 23.3. The van der Waals surface area contributed by atoms with Gasteiger partial charge >= 0.3 is 11.9 Å². The lowest BCUT2D eigenvalue weighted by molar-refractivity contribution is -0.385. The van der Waals surface area contributed by atoms with Gasteiger partial charge < -0.3 is 34.2 Å². The largest absolute Gasteiger partial charge is 0.486 e. The van der Waals surface area contributed by atoms with Crippen molar-refractivity contribution in [3.63, 3.8) is 0 Å². The van der Waals surface area contributed by atoms with Crippen molar-refractivity contribution >= 4 is 23.3 Å². The number of hydrogen-bond donors (Lipinski definition) is 1. The minimum atomic E-state index is -0.784. The second-order valence-corrected chi connectivity index (χ2v) is 6.34. The molecule has 0 atom stereocenters. The third kappa shape index (κ3) is 4.74. The normalized spacial score (nSPS) is 13.2. The van der Waals surface area contributed by atoms with E-state index in [2.05, 4.69) is 9.47 Å². The van der Waals surface area contributed by atoms with Gasteiger partial charge in [0.05, 0.1) is 36.5 Å².